The molecule has 0 aromatic rings. The van der Waals surface area contributed by atoms with Crippen LogP contribution in [0.4, 0.5) is 0 Å². The Morgan fingerprint density at radius 2 is 2.14 bits per heavy atom. The first-order chi connectivity index (χ1) is 3.41. The van der Waals surface area contributed by atoms with Crippen molar-refractivity contribution in [3.63, 3.8) is 0 Å². The Bertz CT molecular complexity index is 56.0. The largest absolute Gasteiger partial charge is 0.272 e. The van der Waals surface area contributed by atoms with Gasteiger partial charge in [-0.25, -0.2) is 0 Å². The molecule has 0 atom stereocenters. The summed E-state index contributed by atoms with van der Waals surface area (Å²) in [5.41, 5.74) is 2.02. The van der Waals surface area contributed by atoms with Gasteiger partial charge in [0.25, 0.3) is 0 Å². The van der Waals surface area contributed by atoms with Crippen LogP contribution in [0, 0.1) is 9.81 Å². The predicted molar refractivity (Wildman–Crippen MR) is 24.5 cm³/mol. The summed E-state index contributed by atoms with van der Waals surface area (Å²) in [7, 11) is 0. The highest BCUT2D eigenvalue weighted by molar-refractivity contribution is 4.41. The standard InChI is InChI=1S/C2H5N3O2/c6-4-2-1-3-5-7/h1-2H2,(H,3,7). The van der Waals surface area contributed by atoms with Gasteiger partial charge in [-0.1, -0.05) is 5.18 Å². The highest BCUT2D eigenvalue weighted by Gasteiger charge is 1.77. The van der Waals surface area contributed by atoms with E-state index in [1.165, 1.54) is 0 Å². The molecule has 7 heavy (non-hydrogen) atoms. The first-order valence-corrected chi connectivity index (χ1v) is 1.76. The fourth-order valence-corrected chi connectivity index (χ4v) is 0.141. The Hall–Kier alpha value is -1.00. The fourth-order valence-electron chi connectivity index (χ4n) is 0.141. The Balaban J connectivity index is 2.68. The average molecular weight is 103 g/mol. The molecule has 0 aromatic heterocycles. The first-order valence-electron chi connectivity index (χ1n) is 1.76. The Labute approximate surface area is 40.0 Å². The molecule has 0 fully saturated rings. The van der Waals surface area contributed by atoms with Crippen LogP contribution >= 0.6 is 0 Å². The van der Waals surface area contributed by atoms with Gasteiger partial charge in [0.15, 0.2) is 0 Å². The monoisotopic (exact) mass is 103 g/mol. The van der Waals surface area contributed by atoms with E-state index in [-0.39, 0.29) is 13.1 Å². The molecule has 0 heterocycles. The molecule has 0 saturated heterocycles. The van der Waals surface area contributed by atoms with Crippen molar-refractivity contribution in [2.75, 3.05) is 13.1 Å². The van der Waals surface area contributed by atoms with Crippen LogP contribution in [0.2, 0.25) is 0 Å². The Kier molecular flexibility index (Phi) is 4.29. The minimum atomic E-state index is 0.0890. The normalized spacial score (nSPS) is 7.43. The molecule has 5 nitrogen and oxygen atoms in total. The number of hydrogen-bond acceptors (Lipinski definition) is 4. The van der Waals surface area contributed by atoms with Crippen molar-refractivity contribution in [1.29, 1.82) is 0 Å². The molecule has 0 spiro atoms. The Morgan fingerprint density at radius 3 is 2.57 bits per heavy atom. The van der Waals surface area contributed by atoms with Gasteiger partial charge < -0.3 is 0 Å². The van der Waals surface area contributed by atoms with Crippen LogP contribution in [0.5, 0.6) is 0 Å². The van der Waals surface area contributed by atoms with Crippen LogP contribution in [0.25, 0.3) is 0 Å². The minimum Gasteiger partial charge on any atom is -0.272 e. The van der Waals surface area contributed by atoms with E-state index in [1.54, 1.807) is 0 Å². The van der Waals surface area contributed by atoms with Crippen LogP contribution in [-0.4, -0.2) is 13.1 Å². The second kappa shape index (κ2) is 5.00. The molecule has 0 aliphatic heterocycles. The number of nitrogens with one attached hydrogen (secondary N) is 1. The van der Waals surface area contributed by atoms with Crippen molar-refractivity contribution in [2.24, 2.45) is 10.5 Å². The van der Waals surface area contributed by atoms with Crippen LogP contribution in [-0.2, 0) is 0 Å². The van der Waals surface area contributed by atoms with Gasteiger partial charge in [0.2, 0.25) is 0 Å². The van der Waals surface area contributed by atoms with E-state index < -0.39 is 0 Å². The van der Waals surface area contributed by atoms with Gasteiger partial charge in [-0.15, -0.1) is 4.91 Å². The zero-order valence-corrected chi connectivity index (χ0v) is 3.63. The molecule has 0 aliphatic carbocycles. The molecule has 0 unspecified atom stereocenters. The number of nitroso groups, excluding NO2 is 2. The highest BCUT2D eigenvalue weighted by atomic mass is 16.3. The molecule has 0 radical (unpaired) electrons. The maximum atomic E-state index is 9.25. The van der Waals surface area contributed by atoms with Gasteiger partial charge in [-0.05, 0) is 0 Å². The maximum absolute atomic E-state index is 9.25. The van der Waals surface area contributed by atoms with Crippen LogP contribution in [0.15, 0.2) is 10.5 Å². The summed E-state index contributed by atoms with van der Waals surface area (Å²) in [5, 5.41) is 4.74. The smallest absolute Gasteiger partial charge is 0.100 e. The summed E-state index contributed by atoms with van der Waals surface area (Å²) in [4.78, 5) is 18.4. The van der Waals surface area contributed by atoms with Gasteiger partial charge in [-0.2, -0.15) is 4.91 Å². The second-order valence-electron chi connectivity index (χ2n) is 0.852. The van der Waals surface area contributed by atoms with E-state index in [1.807, 2.05) is 5.43 Å². The van der Waals surface area contributed by atoms with E-state index in [4.69, 9.17) is 0 Å². The van der Waals surface area contributed by atoms with Crippen molar-refractivity contribution >= 4 is 0 Å². The van der Waals surface area contributed by atoms with E-state index in [9.17, 15) is 9.81 Å². The molecule has 40 valence electrons. The summed E-state index contributed by atoms with van der Waals surface area (Å²) in [6, 6.07) is 0. The van der Waals surface area contributed by atoms with Gasteiger partial charge in [0.05, 0.1) is 6.54 Å². The van der Waals surface area contributed by atoms with Crippen molar-refractivity contribution in [3.05, 3.63) is 9.81 Å². The van der Waals surface area contributed by atoms with E-state index in [0.29, 0.717) is 0 Å². The van der Waals surface area contributed by atoms with Crippen molar-refractivity contribution in [1.82, 2.24) is 5.43 Å². The van der Waals surface area contributed by atoms with E-state index in [0.717, 1.165) is 0 Å². The van der Waals surface area contributed by atoms with Gasteiger partial charge in [0.1, 0.15) is 6.54 Å². The quantitative estimate of drug-likeness (QED) is 0.310. The van der Waals surface area contributed by atoms with Crippen LogP contribution in [0.1, 0.15) is 0 Å². The summed E-state index contributed by atoms with van der Waals surface area (Å²) >= 11 is 0. The third-order valence-electron chi connectivity index (χ3n) is 0.379. The predicted octanol–water partition coefficient (Wildman–Crippen LogP) is 0.0238. The maximum Gasteiger partial charge on any atom is 0.100 e. The molecule has 1 N–H and O–H groups in total. The van der Waals surface area contributed by atoms with Gasteiger partial charge in [0, 0.05) is 5.29 Å². The third kappa shape index (κ3) is 5.00. The van der Waals surface area contributed by atoms with Gasteiger partial charge in [-0.3, -0.25) is 5.43 Å². The molecule has 0 saturated carbocycles. The zero-order chi connectivity index (χ0) is 5.54. The number of nitrogens with zero attached hydrogens (tertiary/aromatic N) is 2. The van der Waals surface area contributed by atoms with Crippen LogP contribution in [0.3, 0.4) is 0 Å². The lowest BCUT2D eigenvalue weighted by Gasteiger charge is -1.83. The summed E-state index contributed by atoms with van der Waals surface area (Å²) < 4.78 is 0. The summed E-state index contributed by atoms with van der Waals surface area (Å²) in [6.07, 6.45) is 0. The molecule has 5 heteroatoms. The van der Waals surface area contributed by atoms with E-state index in [2.05, 4.69) is 10.5 Å². The zero-order valence-electron chi connectivity index (χ0n) is 3.63. The molecular formula is C2H5N3O2. The molecule has 0 rings (SSSR count). The molecule has 0 amide bonds. The molecule has 0 aliphatic rings. The summed E-state index contributed by atoms with van der Waals surface area (Å²) in [6.45, 7) is 0.318. The van der Waals surface area contributed by atoms with Crippen molar-refractivity contribution < 1.29 is 0 Å². The minimum absolute atomic E-state index is 0.0890. The first kappa shape index (κ1) is 6.00. The lowest BCUT2D eigenvalue weighted by Crippen LogP contribution is -2.08. The number of rotatable bonds is 4. The van der Waals surface area contributed by atoms with Crippen LogP contribution < -0.4 is 5.43 Å². The average Bonchev–Trinajstić information content (AvgIpc) is 1.69. The second-order valence-corrected chi connectivity index (χ2v) is 0.852. The highest BCUT2D eigenvalue weighted by Crippen LogP contribution is 1.61. The molecular weight excluding hydrogens is 98.0 g/mol. The SMILES string of the molecule is O=NCCNN=O. The topological polar surface area (TPSA) is 70.9 Å². The summed E-state index contributed by atoms with van der Waals surface area (Å²) in [5.74, 6) is 0. The number of hydrogen-bond donors (Lipinski definition) is 1. The molecule has 0 aromatic carbocycles. The van der Waals surface area contributed by atoms with Crippen molar-refractivity contribution in [2.45, 2.75) is 0 Å². The third-order valence-corrected chi connectivity index (χ3v) is 0.379. The Morgan fingerprint density at radius 1 is 1.43 bits per heavy atom. The lowest BCUT2D eigenvalue weighted by atomic mass is 10.7. The van der Waals surface area contributed by atoms with Gasteiger partial charge >= 0.3 is 0 Å². The fraction of sp³-hybridized carbons (Fsp3) is 1.00. The lowest BCUT2D eigenvalue weighted by molar-refractivity contribution is 0.732. The molecule has 0 bridgehead atoms. The van der Waals surface area contributed by atoms with Crippen molar-refractivity contribution in [3.8, 4) is 0 Å². The van der Waals surface area contributed by atoms with E-state index >= 15 is 0 Å².